The third-order valence-electron chi connectivity index (χ3n) is 8.11. The van der Waals surface area contributed by atoms with Crippen LogP contribution >= 0.6 is 0 Å². The molecule has 1 radical (unpaired) electrons. The number of hydrogen-bond donors (Lipinski definition) is 0. The monoisotopic (exact) mass is 271 g/mol. The molecule has 7 fully saturated rings. The Labute approximate surface area is 119 Å². The van der Waals surface area contributed by atoms with E-state index in [1.165, 1.54) is 6.42 Å². The van der Waals surface area contributed by atoms with Gasteiger partial charge in [-0.3, -0.25) is 0 Å². The standard InChI is InChI=1S/C17H19O3/c1-6(18-3)16-12-8-5-9-11-10(8)14(16)15(11)17(20-16,13(9)12)7(2)19-4/h1,8-15H,2,5H2,3-4H3. The summed E-state index contributed by atoms with van der Waals surface area (Å²) in [6.45, 7) is 10.5. The average Bonchev–Trinajstić information content (AvgIpc) is 3.07. The summed E-state index contributed by atoms with van der Waals surface area (Å²) in [5.41, 5.74) is -0.590. The molecule has 105 valence electrons. The van der Waals surface area contributed by atoms with Gasteiger partial charge in [-0.1, -0.05) is 6.58 Å². The van der Waals surface area contributed by atoms with Crippen molar-refractivity contribution in [3.63, 3.8) is 0 Å². The largest absolute Gasteiger partial charge is 0.499 e. The quantitative estimate of drug-likeness (QED) is 0.732. The molecule has 0 aromatic heterocycles. The van der Waals surface area contributed by atoms with Gasteiger partial charge in [0, 0.05) is 23.7 Å². The van der Waals surface area contributed by atoms with Crippen LogP contribution in [-0.2, 0) is 14.2 Å². The van der Waals surface area contributed by atoms with Crippen LogP contribution in [0.4, 0.5) is 0 Å². The molecule has 7 rings (SSSR count). The van der Waals surface area contributed by atoms with E-state index in [2.05, 4.69) is 6.58 Å². The minimum Gasteiger partial charge on any atom is -0.499 e. The number of rotatable bonds is 4. The lowest BCUT2D eigenvalue weighted by Crippen LogP contribution is -2.52. The first-order valence-electron chi connectivity index (χ1n) is 7.75. The first-order chi connectivity index (χ1) is 9.64. The van der Waals surface area contributed by atoms with Crippen LogP contribution < -0.4 is 0 Å². The van der Waals surface area contributed by atoms with Crippen LogP contribution in [0, 0.1) is 53.9 Å². The van der Waals surface area contributed by atoms with Gasteiger partial charge in [-0.2, -0.15) is 0 Å². The highest BCUT2D eigenvalue weighted by atomic mass is 16.6. The van der Waals surface area contributed by atoms with Gasteiger partial charge in [0.1, 0.15) is 22.7 Å². The third kappa shape index (κ3) is 0.606. The normalized spacial score (nSPS) is 67.9. The van der Waals surface area contributed by atoms with E-state index in [-0.39, 0.29) is 11.2 Å². The molecule has 3 nitrogen and oxygen atoms in total. The predicted octanol–water partition coefficient (Wildman–Crippen LogP) is 2.01. The maximum atomic E-state index is 6.74. The summed E-state index contributed by atoms with van der Waals surface area (Å²) in [6.07, 6.45) is 1.37. The Morgan fingerprint density at radius 1 is 1.05 bits per heavy atom. The molecule has 5 aliphatic carbocycles. The lowest BCUT2D eigenvalue weighted by molar-refractivity contribution is -0.0744. The van der Waals surface area contributed by atoms with Crippen LogP contribution in [0.5, 0.6) is 0 Å². The molecule has 0 amide bonds. The fourth-order valence-electron chi connectivity index (χ4n) is 8.25. The zero-order valence-electron chi connectivity index (χ0n) is 11.8. The van der Waals surface area contributed by atoms with Crippen molar-refractivity contribution >= 4 is 0 Å². The second kappa shape index (κ2) is 2.58. The Morgan fingerprint density at radius 3 is 2.25 bits per heavy atom. The van der Waals surface area contributed by atoms with Gasteiger partial charge in [0.2, 0.25) is 0 Å². The fraction of sp³-hybridized carbons (Fsp3) is 0.765. The van der Waals surface area contributed by atoms with Gasteiger partial charge >= 0.3 is 0 Å². The highest BCUT2D eigenvalue weighted by molar-refractivity contribution is 5.50. The fourth-order valence-corrected chi connectivity index (χ4v) is 8.25. The molecule has 0 aromatic carbocycles. The van der Waals surface area contributed by atoms with Gasteiger partial charge in [-0.05, 0) is 36.7 Å². The summed E-state index contributed by atoms with van der Waals surface area (Å²) in [6, 6.07) is 0. The Kier molecular flexibility index (Phi) is 1.38. The maximum Gasteiger partial charge on any atom is 0.133 e. The van der Waals surface area contributed by atoms with E-state index in [1.807, 2.05) is 0 Å². The van der Waals surface area contributed by atoms with Crippen molar-refractivity contribution in [2.75, 3.05) is 14.2 Å². The summed E-state index contributed by atoms with van der Waals surface area (Å²) in [5, 5.41) is 0. The van der Waals surface area contributed by atoms with Crippen LogP contribution in [0.15, 0.2) is 18.1 Å². The molecule has 20 heavy (non-hydrogen) atoms. The summed E-state index contributed by atoms with van der Waals surface area (Å²) >= 11 is 0. The zero-order chi connectivity index (χ0) is 13.6. The van der Waals surface area contributed by atoms with Crippen LogP contribution in [0.1, 0.15) is 6.42 Å². The van der Waals surface area contributed by atoms with Gasteiger partial charge in [-0.15, -0.1) is 0 Å². The van der Waals surface area contributed by atoms with Crippen molar-refractivity contribution in [1.29, 1.82) is 0 Å². The molecule has 4 bridgehead atoms. The summed E-state index contributed by atoms with van der Waals surface area (Å²) < 4.78 is 17.8. The van der Waals surface area contributed by atoms with Crippen LogP contribution in [0.3, 0.4) is 0 Å². The molecule has 2 aliphatic heterocycles. The third-order valence-corrected chi connectivity index (χ3v) is 8.11. The summed E-state index contributed by atoms with van der Waals surface area (Å²) in [7, 11) is 3.40. The Balaban J connectivity index is 1.64. The van der Waals surface area contributed by atoms with Crippen molar-refractivity contribution in [1.82, 2.24) is 0 Å². The number of ether oxygens (including phenoxy) is 3. The van der Waals surface area contributed by atoms with Gasteiger partial charge in [0.05, 0.1) is 14.2 Å². The lowest BCUT2D eigenvalue weighted by Gasteiger charge is -2.47. The molecule has 7 aliphatic rings. The molecule has 3 heteroatoms. The van der Waals surface area contributed by atoms with Crippen molar-refractivity contribution < 1.29 is 14.2 Å². The Morgan fingerprint density at radius 2 is 1.65 bits per heavy atom. The van der Waals surface area contributed by atoms with E-state index in [9.17, 15) is 0 Å². The molecule has 2 heterocycles. The van der Waals surface area contributed by atoms with Crippen molar-refractivity contribution in [2.24, 2.45) is 47.3 Å². The number of methoxy groups -OCH3 is 2. The van der Waals surface area contributed by atoms with E-state index in [4.69, 9.17) is 20.8 Å². The predicted molar refractivity (Wildman–Crippen MR) is 70.1 cm³/mol. The maximum absolute atomic E-state index is 6.74. The molecule has 0 spiro atoms. The Bertz CT molecular complexity index is 543. The van der Waals surface area contributed by atoms with Crippen LogP contribution in [-0.4, -0.2) is 25.4 Å². The molecule has 2 saturated heterocycles. The van der Waals surface area contributed by atoms with E-state index >= 15 is 0 Å². The second-order valence-corrected chi connectivity index (χ2v) is 7.71. The minimum absolute atomic E-state index is 0.260. The van der Waals surface area contributed by atoms with Crippen molar-refractivity contribution in [3.05, 3.63) is 24.7 Å². The van der Waals surface area contributed by atoms with Crippen LogP contribution in [0.2, 0.25) is 0 Å². The topological polar surface area (TPSA) is 27.7 Å². The molecule has 5 saturated carbocycles. The van der Waals surface area contributed by atoms with Gasteiger partial charge < -0.3 is 14.2 Å². The molecule has 10 atom stereocenters. The molecular weight excluding hydrogens is 252 g/mol. The first kappa shape index (κ1) is 10.7. The minimum atomic E-state index is -0.331. The first-order valence-corrected chi connectivity index (χ1v) is 7.75. The van der Waals surface area contributed by atoms with E-state index in [0.29, 0.717) is 29.4 Å². The van der Waals surface area contributed by atoms with E-state index in [1.54, 1.807) is 14.2 Å². The average molecular weight is 271 g/mol. The summed E-state index contributed by atoms with van der Waals surface area (Å²) in [5.74, 6) is 6.98. The van der Waals surface area contributed by atoms with Gasteiger partial charge in [-0.25, -0.2) is 0 Å². The Hall–Kier alpha value is -0.960. The molecule has 0 aromatic rings. The second-order valence-electron chi connectivity index (χ2n) is 7.71. The highest BCUT2D eigenvalue weighted by Gasteiger charge is 2.98. The molecular formula is C17H19O3. The molecule has 0 N–H and O–H groups in total. The van der Waals surface area contributed by atoms with E-state index in [0.717, 1.165) is 29.4 Å². The van der Waals surface area contributed by atoms with E-state index < -0.39 is 0 Å². The van der Waals surface area contributed by atoms with Crippen LogP contribution in [0.25, 0.3) is 0 Å². The summed E-state index contributed by atoms with van der Waals surface area (Å²) in [4.78, 5) is 0. The van der Waals surface area contributed by atoms with Crippen molar-refractivity contribution in [2.45, 2.75) is 17.6 Å². The lowest BCUT2D eigenvalue weighted by atomic mass is 9.54. The SMILES string of the molecule is [CH]=C(OC)C12OC3(C(=C)OC)C4C5CC(C6C5C3C61)C42. The van der Waals surface area contributed by atoms with Crippen molar-refractivity contribution in [3.8, 4) is 0 Å². The zero-order valence-corrected chi connectivity index (χ0v) is 11.8. The van der Waals surface area contributed by atoms with Gasteiger partial charge in [0.15, 0.2) is 0 Å². The molecule has 10 unspecified atom stereocenters. The number of hydrogen-bond acceptors (Lipinski definition) is 3. The van der Waals surface area contributed by atoms with Gasteiger partial charge in [0.25, 0.3) is 0 Å². The smallest absolute Gasteiger partial charge is 0.133 e. The highest BCUT2D eigenvalue weighted by Crippen LogP contribution is 2.94.